The molecule has 3 nitrogen and oxygen atoms in total. The van der Waals surface area contributed by atoms with Gasteiger partial charge in [0.15, 0.2) is 0 Å². The summed E-state index contributed by atoms with van der Waals surface area (Å²) in [4.78, 5) is 11.7. The van der Waals surface area contributed by atoms with E-state index in [1.807, 2.05) is 0 Å². The van der Waals surface area contributed by atoms with Crippen LogP contribution >= 0.6 is 0 Å². The first-order valence-electron chi connectivity index (χ1n) is 6.09. The Morgan fingerprint density at radius 3 is 2.62 bits per heavy atom. The predicted octanol–water partition coefficient (Wildman–Crippen LogP) is 1.43. The van der Waals surface area contributed by atoms with Gasteiger partial charge >= 0.3 is 0 Å². The molecule has 1 aliphatic rings. The van der Waals surface area contributed by atoms with Crippen molar-refractivity contribution in [1.29, 1.82) is 0 Å². The largest absolute Gasteiger partial charge is 0.345 e. The maximum absolute atomic E-state index is 11.7. The highest BCUT2D eigenvalue weighted by Crippen LogP contribution is 2.38. The molecule has 1 aliphatic carbocycles. The van der Waals surface area contributed by atoms with E-state index in [4.69, 9.17) is 5.73 Å². The highest BCUT2D eigenvalue weighted by Gasteiger charge is 2.32. The van der Waals surface area contributed by atoms with Crippen LogP contribution in [-0.4, -0.2) is 19.0 Å². The van der Waals surface area contributed by atoms with E-state index >= 15 is 0 Å². The number of carbonyl (C=O) groups excluding carboxylic acids is 1. The van der Waals surface area contributed by atoms with Crippen molar-refractivity contribution in [3.63, 3.8) is 0 Å². The number of nitrogens with two attached hydrogens (primary N) is 1. The minimum absolute atomic E-state index is 0.0575. The third-order valence-corrected chi connectivity index (χ3v) is 3.43. The van der Waals surface area contributed by atoms with Crippen LogP contribution in [0.25, 0.3) is 0 Å². The summed E-state index contributed by atoms with van der Waals surface area (Å²) in [5.74, 6) is 5.69. The van der Waals surface area contributed by atoms with E-state index in [1.165, 1.54) is 19.3 Å². The second-order valence-corrected chi connectivity index (χ2v) is 4.65. The Hall–Kier alpha value is -1.01. The monoisotopic (exact) mass is 222 g/mol. The van der Waals surface area contributed by atoms with Gasteiger partial charge in [-0.15, -0.1) is 5.92 Å². The molecule has 0 atom stereocenters. The van der Waals surface area contributed by atoms with Crippen molar-refractivity contribution in [2.75, 3.05) is 13.1 Å². The normalized spacial score (nSPS) is 18.4. The van der Waals surface area contributed by atoms with Crippen LogP contribution in [0.4, 0.5) is 0 Å². The lowest BCUT2D eigenvalue weighted by Crippen LogP contribution is -2.38. The van der Waals surface area contributed by atoms with Crippen LogP contribution in [0.2, 0.25) is 0 Å². The van der Waals surface area contributed by atoms with Crippen LogP contribution in [0.5, 0.6) is 0 Å². The summed E-state index contributed by atoms with van der Waals surface area (Å²) in [6, 6.07) is 0. The molecule has 0 heterocycles. The molecular formula is C13H22N2O. The van der Waals surface area contributed by atoms with E-state index in [9.17, 15) is 4.79 Å². The first-order valence-corrected chi connectivity index (χ1v) is 6.09. The molecule has 0 aromatic carbocycles. The first-order chi connectivity index (χ1) is 7.72. The van der Waals surface area contributed by atoms with E-state index in [0.29, 0.717) is 19.5 Å². The number of carbonyl (C=O) groups is 1. The molecule has 1 rings (SSSR count). The summed E-state index contributed by atoms with van der Waals surface area (Å²) < 4.78 is 0. The molecule has 1 amide bonds. The molecule has 0 aliphatic heterocycles. The average Bonchev–Trinajstić information content (AvgIpc) is 2.30. The fourth-order valence-corrected chi connectivity index (χ4v) is 2.39. The van der Waals surface area contributed by atoms with E-state index in [0.717, 1.165) is 12.8 Å². The van der Waals surface area contributed by atoms with Crippen molar-refractivity contribution in [2.24, 2.45) is 11.1 Å². The van der Waals surface area contributed by atoms with E-state index in [1.54, 1.807) is 6.92 Å². The fourth-order valence-electron chi connectivity index (χ4n) is 2.39. The molecule has 90 valence electrons. The van der Waals surface area contributed by atoms with Gasteiger partial charge in [-0.05, 0) is 31.7 Å². The summed E-state index contributed by atoms with van der Waals surface area (Å²) >= 11 is 0. The van der Waals surface area contributed by atoms with Crippen molar-refractivity contribution < 1.29 is 4.79 Å². The molecule has 1 fully saturated rings. The van der Waals surface area contributed by atoms with Gasteiger partial charge in [0, 0.05) is 6.42 Å². The SMILES string of the molecule is CC#CCNC(=O)CC1(CN)CCCCC1. The zero-order chi connectivity index (χ0) is 11.9. The Bertz CT molecular complexity index is 282. The highest BCUT2D eigenvalue weighted by atomic mass is 16.1. The molecule has 0 aromatic rings. The number of nitrogens with one attached hydrogen (secondary N) is 1. The lowest BCUT2D eigenvalue weighted by Gasteiger charge is -2.35. The molecule has 16 heavy (non-hydrogen) atoms. The maximum Gasteiger partial charge on any atom is 0.221 e. The average molecular weight is 222 g/mol. The van der Waals surface area contributed by atoms with Crippen molar-refractivity contribution in [1.82, 2.24) is 5.32 Å². The number of amides is 1. The van der Waals surface area contributed by atoms with Gasteiger partial charge in [-0.1, -0.05) is 25.2 Å². The number of hydrogen-bond acceptors (Lipinski definition) is 2. The third kappa shape index (κ3) is 3.86. The van der Waals surface area contributed by atoms with Gasteiger partial charge in [-0.2, -0.15) is 0 Å². The molecule has 0 bridgehead atoms. The van der Waals surface area contributed by atoms with Gasteiger partial charge < -0.3 is 11.1 Å². The Labute approximate surface area is 98.2 Å². The standard InChI is InChI=1S/C13H22N2O/c1-2-3-9-15-12(16)10-13(11-14)7-5-4-6-8-13/h4-11,14H2,1H3,(H,15,16). The van der Waals surface area contributed by atoms with Crippen molar-refractivity contribution >= 4 is 5.91 Å². The molecule has 0 unspecified atom stereocenters. The maximum atomic E-state index is 11.7. The molecular weight excluding hydrogens is 200 g/mol. The minimum Gasteiger partial charge on any atom is -0.345 e. The minimum atomic E-state index is 0.0575. The number of hydrogen-bond donors (Lipinski definition) is 2. The van der Waals surface area contributed by atoms with Gasteiger partial charge in [0.1, 0.15) is 0 Å². The summed E-state index contributed by atoms with van der Waals surface area (Å²) in [6.45, 7) is 2.85. The van der Waals surface area contributed by atoms with Gasteiger partial charge in [0.05, 0.1) is 6.54 Å². The van der Waals surface area contributed by atoms with Crippen LogP contribution in [-0.2, 0) is 4.79 Å². The van der Waals surface area contributed by atoms with E-state index < -0.39 is 0 Å². The van der Waals surface area contributed by atoms with Crippen molar-refractivity contribution in [3.05, 3.63) is 0 Å². The van der Waals surface area contributed by atoms with Gasteiger partial charge in [-0.3, -0.25) is 4.79 Å². The van der Waals surface area contributed by atoms with E-state index in [2.05, 4.69) is 17.2 Å². The summed E-state index contributed by atoms with van der Waals surface area (Å²) in [5.41, 5.74) is 5.89. The Morgan fingerprint density at radius 2 is 2.06 bits per heavy atom. The Balaban J connectivity index is 2.41. The molecule has 3 heteroatoms. The van der Waals surface area contributed by atoms with Gasteiger partial charge in [0.2, 0.25) is 5.91 Å². The van der Waals surface area contributed by atoms with Crippen LogP contribution in [0.1, 0.15) is 45.4 Å². The lowest BCUT2D eigenvalue weighted by molar-refractivity contribution is -0.123. The Morgan fingerprint density at radius 1 is 1.38 bits per heavy atom. The third-order valence-electron chi connectivity index (χ3n) is 3.43. The first kappa shape index (κ1) is 13.1. The van der Waals surface area contributed by atoms with Crippen LogP contribution in [0, 0.1) is 17.3 Å². The molecule has 0 saturated heterocycles. The highest BCUT2D eigenvalue weighted by molar-refractivity contribution is 5.77. The zero-order valence-electron chi connectivity index (χ0n) is 10.1. The van der Waals surface area contributed by atoms with Gasteiger partial charge in [-0.25, -0.2) is 0 Å². The van der Waals surface area contributed by atoms with Crippen molar-refractivity contribution in [2.45, 2.75) is 45.4 Å². The van der Waals surface area contributed by atoms with E-state index in [-0.39, 0.29) is 11.3 Å². The molecule has 0 aromatic heterocycles. The molecule has 0 radical (unpaired) electrons. The second-order valence-electron chi connectivity index (χ2n) is 4.65. The lowest BCUT2D eigenvalue weighted by atomic mass is 9.72. The summed E-state index contributed by atoms with van der Waals surface area (Å²) in [7, 11) is 0. The van der Waals surface area contributed by atoms with Crippen molar-refractivity contribution in [3.8, 4) is 11.8 Å². The molecule has 1 saturated carbocycles. The summed E-state index contributed by atoms with van der Waals surface area (Å²) in [6.07, 6.45) is 6.45. The second kappa shape index (κ2) is 6.55. The predicted molar refractivity (Wildman–Crippen MR) is 65.6 cm³/mol. The summed E-state index contributed by atoms with van der Waals surface area (Å²) in [5, 5.41) is 2.82. The smallest absolute Gasteiger partial charge is 0.221 e. The zero-order valence-corrected chi connectivity index (χ0v) is 10.1. The quantitative estimate of drug-likeness (QED) is 0.707. The van der Waals surface area contributed by atoms with Gasteiger partial charge in [0.25, 0.3) is 0 Å². The molecule has 0 spiro atoms. The fraction of sp³-hybridized carbons (Fsp3) is 0.769. The topological polar surface area (TPSA) is 55.1 Å². The van der Waals surface area contributed by atoms with Crippen LogP contribution < -0.4 is 11.1 Å². The Kier molecular flexibility index (Phi) is 5.34. The number of rotatable bonds is 4. The van der Waals surface area contributed by atoms with Crippen LogP contribution in [0.3, 0.4) is 0 Å². The molecule has 3 N–H and O–H groups in total. The van der Waals surface area contributed by atoms with Crippen LogP contribution in [0.15, 0.2) is 0 Å².